The van der Waals surface area contributed by atoms with Crippen molar-refractivity contribution in [1.82, 2.24) is 0 Å². The van der Waals surface area contributed by atoms with E-state index >= 15 is 0 Å². The van der Waals surface area contributed by atoms with E-state index in [0.29, 0.717) is 6.61 Å². The van der Waals surface area contributed by atoms with Crippen LogP contribution >= 0.6 is 0 Å². The Balaban J connectivity index is 0. The first-order valence-corrected chi connectivity index (χ1v) is 4.02. The molecule has 10 heavy (non-hydrogen) atoms. The summed E-state index contributed by atoms with van der Waals surface area (Å²) in [7, 11) is 0. The van der Waals surface area contributed by atoms with Crippen LogP contribution < -0.4 is 0 Å². The standard InChI is InChI=1S/C8H18O.Cu/c1-2-3-4-5-6-7-8-9;/h9H,2-8H2,1H3;. The van der Waals surface area contributed by atoms with Gasteiger partial charge in [-0.25, -0.2) is 0 Å². The second-order valence-corrected chi connectivity index (χ2v) is 2.49. The Morgan fingerprint density at radius 1 is 0.900 bits per heavy atom. The third kappa shape index (κ3) is 11.3. The predicted octanol–water partition coefficient (Wildman–Crippen LogP) is 2.34. The molecule has 0 heterocycles. The maximum Gasteiger partial charge on any atom is 0.0431 e. The van der Waals surface area contributed by atoms with Gasteiger partial charge in [0, 0.05) is 23.7 Å². The van der Waals surface area contributed by atoms with E-state index in [2.05, 4.69) is 6.92 Å². The molecule has 0 fully saturated rings. The summed E-state index contributed by atoms with van der Waals surface area (Å²) < 4.78 is 0. The molecule has 0 aliphatic rings. The first kappa shape index (κ1) is 13.1. The van der Waals surface area contributed by atoms with Gasteiger partial charge in [-0.1, -0.05) is 39.0 Å². The van der Waals surface area contributed by atoms with Gasteiger partial charge in [-0.15, -0.1) is 0 Å². The van der Waals surface area contributed by atoms with Crippen molar-refractivity contribution in [1.29, 1.82) is 0 Å². The van der Waals surface area contributed by atoms with Gasteiger partial charge in [0.1, 0.15) is 0 Å². The van der Waals surface area contributed by atoms with Crippen molar-refractivity contribution < 1.29 is 22.2 Å². The monoisotopic (exact) mass is 193 g/mol. The molecule has 67 valence electrons. The molecule has 0 aliphatic carbocycles. The molecule has 0 aromatic carbocycles. The van der Waals surface area contributed by atoms with Gasteiger partial charge in [-0.2, -0.15) is 0 Å². The van der Waals surface area contributed by atoms with Crippen molar-refractivity contribution in [2.75, 3.05) is 6.61 Å². The third-order valence-electron chi connectivity index (χ3n) is 1.51. The van der Waals surface area contributed by atoms with Crippen molar-refractivity contribution in [2.45, 2.75) is 45.4 Å². The van der Waals surface area contributed by atoms with Gasteiger partial charge in [0.2, 0.25) is 0 Å². The van der Waals surface area contributed by atoms with Crippen LogP contribution in [0.4, 0.5) is 0 Å². The van der Waals surface area contributed by atoms with E-state index < -0.39 is 0 Å². The van der Waals surface area contributed by atoms with E-state index in [1.165, 1.54) is 32.1 Å². The predicted molar refractivity (Wildman–Crippen MR) is 40.5 cm³/mol. The van der Waals surface area contributed by atoms with Gasteiger partial charge >= 0.3 is 0 Å². The first-order valence-electron chi connectivity index (χ1n) is 4.02. The number of aliphatic hydroxyl groups is 1. The minimum atomic E-state index is 0. The molecule has 0 spiro atoms. The molecule has 0 saturated heterocycles. The molecule has 1 nitrogen and oxygen atoms in total. The van der Waals surface area contributed by atoms with E-state index in [1.54, 1.807) is 0 Å². The Morgan fingerprint density at radius 2 is 1.40 bits per heavy atom. The SMILES string of the molecule is CCCCCCCCO.[Cu]. The van der Waals surface area contributed by atoms with E-state index in [1.807, 2.05) is 0 Å². The molecule has 0 bridgehead atoms. The van der Waals surface area contributed by atoms with Crippen LogP contribution in [0, 0.1) is 0 Å². The fourth-order valence-corrected chi connectivity index (χ4v) is 0.892. The largest absolute Gasteiger partial charge is 0.396 e. The molecule has 0 aromatic rings. The second-order valence-electron chi connectivity index (χ2n) is 2.49. The average Bonchev–Trinajstić information content (AvgIpc) is 1.89. The third-order valence-corrected chi connectivity index (χ3v) is 1.51. The fourth-order valence-electron chi connectivity index (χ4n) is 0.892. The minimum absolute atomic E-state index is 0. The summed E-state index contributed by atoms with van der Waals surface area (Å²) in [6.07, 6.45) is 7.50. The Labute approximate surface area is 74.7 Å². The molecule has 0 atom stereocenters. The number of hydrogen-bond acceptors (Lipinski definition) is 1. The maximum absolute atomic E-state index is 8.42. The topological polar surface area (TPSA) is 20.2 Å². The zero-order valence-electron chi connectivity index (χ0n) is 6.70. The molecule has 1 N–H and O–H groups in total. The molecule has 0 amide bonds. The Morgan fingerprint density at radius 3 is 1.90 bits per heavy atom. The molecule has 1 radical (unpaired) electrons. The van der Waals surface area contributed by atoms with E-state index in [-0.39, 0.29) is 17.1 Å². The van der Waals surface area contributed by atoms with Gasteiger partial charge in [-0.3, -0.25) is 0 Å². The molecular weight excluding hydrogens is 176 g/mol. The zero-order chi connectivity index (χ0) is 6.95. The van der Waals surface area contributed by atoms with Crippen LogP contribution in [0.25, 0.3) is 0 Å². The van der Waals surface area contributed by atoms with Crippen LogP contribution in [-0.2, 0) is 17.1 Å². The van der Waals surface area contributed by atoms with Crippen molar-refractivity contribution >= 4 is 0 Å². The minimum Gasteiger partial charge on any atom is -0.396 e. The molecule has 2 heteroatoms. The van der Waals surface area contributed by atoms with Crippen molar-refractivity contribution in [3.8, 4) is 0 Å². The summed E-state index contributed by atoms with van der Waals surface area (Å²) in [6.45, 7) is 2.58. The van der Waals surface area contributed by atoms with Crippen molar-refractivity contribution in [3.05, 3.63) is 0 Å². The number of hydrogen-bond donors (Lipinski definition) is 1. The van der Waals surface area contributed by atoms with Gasteiger partial charge in [0.05, 0.1) is 0 Å². The fraction of sp³-hybridized carbons (Fsp3) is 1.00. The van der Waals surface area contributed by atoms with Crippen LogP contribution in [0.1, 0.15) is 45.4 Å². The normalized spacial score (nSPS) is 9.00. The van der Waals surface area contributed by atoms with Crippen LogP contribution in [0.15, 0.2) is 0 Å². The zero-order valence-corrected chi connectivity index (χ0v) is 7.64. The van der Waals surface area contributed by atoms with Crippen LogP contribution in [0.3, 0.4) is 0 Å². The smallest absolute Gasteiger partial charge is 0.0431 e. The summed E-state index contributed by atoms with van der Waals surface area (Å²) in [5.41, 5.74) is 0. The van der Waals surface area contributed by atoms with Gasteiger partial charge in [0.15, 0.2) is 0 Å². The summed E-state index contributed by atoms with van der Waals surface area (Å²) in [5.74, 6) is 0. The molecular formula is C8H18CuO. The summed E-state index contributed by atoms with van der Waals surface area (Å²) in [4.78, 5) is 0. The van der Waals surface area contributed by atoms with Gasteiger partial charge < -0.3 is 5.11 Å². The van der Waals surface area contributed by atoms with Gasteiger partial charge in [0.25, 0.3) is 0 Å². The molecule has 0 unspecified atom stereocenters. The second kappa shape index (κ2) is 12.2. The maximum atomic E-state index is 8.42. The van der Waals surface area contributed by atoms with Crippen LogP contribution in [0.5, 0.6) is 0 Å². The summed E-state index contributed by atoms with van der Waals surface area (Å²) in [6, 6.07) is 0. The molecule has 0 saturated carbocycles. The van der Waals surface area contributed by atoms with Crippen LogP contribution in [-0.4, -0.2) is 11.7 Å². The quantitative estimate of drug-likeness (QED) is 0.507. The molecule has 0 aliphatic heterocycles. The number of unbranched alkanes of at least 4 members (excludes halogenated alkanes) is 5. The van der Waals surface area contributed by atoms with Gasteiger partial charge in [-0.05, 0) is 6.42 Å². The number of aliphatic hydroxyl groups excluding tert-OH is 1. The number of rotatable bonds is 6. The van der Waals surface area contributed by atoms with E-state index in [0.717, 1.165) is 6.42 Å². The first-order chi connectivity index (χ1) is 4.41. The van der Waals surface area contributed by atoms with Crippen molar-refractivity contribution in [2.24, 2.45) is 0 Å². The molecule has 0 rings (SSSR count). The Bertz CT molecular complexity index is 42.5. The van der Waals surface area contributed by atoms with Crippen molar-refractivity contribution in [3.63, 3.8) is 0 Å². The Kier molecular flexibility index (Phi) is 16.0. The molecule has 0 aromatic heterocycles. The summed E-state index contributed by atoms with van der Waals surface area (Å²) >= 11 is 0. The average molecular weight is 194 g/mol. The van der Waals surface area contributed by atoms with Crippen LogP contribution in [0.2, 0.25) is 0 Å². The van der Waals surface area contributed by atoms with E-state index in [9.17, 15) is 0 Å². The van der Waals surface area contributed by atoms with E-state index in [4.69, 9.17) is 5.11 Å². The Hall–Kier alpha value is 0.479. The summed E-state index contributed by atoms with van der Waals surface area (Å²) in [5, 5.41) is 8.42.